The fourth-order valence-corrected chi connectivity index (χ4v) is 6.17. The number of carbonyl (C=O) groups is 2. The highest BCUT2D eigenvalue weighted by Crippen LogP contribution is 2.34. The Morgan fingerprint density at radius 2 is 1.52 bits per heavy atom. The highest BCUT2D eigenvalue weighted by Gasteiger charge is 2.34. The van der Waals surface area contributed by atoms with Crippen molar-refractivity contribution in [3.63, 3.8) is 0 Å². The summed E-state index contributed by atoms with van der Waals surface area (Å²) >= 11 is 12.9. The summed E-state index contributed by atoms with van der Waals surface area (Å²) in [6.45, 7) is 8.85. The molecule has 0 unspecified atom stereocenters. The maximum atomic E-state index is 14.2. The number of methoxy groups -OCH3 is 1. The van der Waals surface area contributed by atoms with E-state index in [2.05, 4.69) is 5.32 Å². The number of nitrogens with one attached hydrogen (secondary N) is 1. The molecule has 42 heavy (non-hydrogen) atoms. The first kappa shape index (κ1) is 33.2. The van der Waals surface area contributed by atoms with E-state index in [0.29, 0.717) is 22.2 Å². The summed E-state index contributed by atoms with van der Waals surface area (Å²) < 4.78 is 34.7. The maximum absolute atomic E-state index is 14.2. The second kappa shape index (κ2) is 14.3. The molecule has 0 aromatic heterocycles. The number of hydrogen-bond acceptors (Lipinski definition) is 5. The Balaban J connectivity index is 2.12. The summed E-state index contributed by atoms with van der Waals surface area (Å²) in [5.74, 6) is -0.557. The molecular formula is C31H37Cl2N3O5S. The molecular weight excluding hydrogens is 597 g/mol. The van der Waals surface area contributed by atoms with E-state index in [1.54, 1.807) is 55.5 Å². The van der Waals surface area contributed by atoms with Gasteiger partial charge in [-0.1, -0.05) is 66.9 Å². The lowest BCUT2D eigenvalue weighted by molar-refractivity contribution is -0.139. The fraction of sp³-hybridized carbons (Fsp3) is 0.355. The number of halogens is 2. The lowest BCUT2D eigenvalue weighted by Gasteiger charge is -2.33. The van der Waals surface area contributed by atoms with Crippen molar-refractivity contribution in [3.8, 4) is 5.75 Å². The van der Waals surface area contributed by atoms with Crippen molar-refractivity contribution in [1.82, 2.24) is 10.2 Å². The number of ether oxygens (including phenoxy) is 1. The van der Waals surface area contributed by atoms with Gasteiger partial charge in [0.05, 0.1) is 17.7 Å². The van der Waals surface area contributed by atoms with Crippen molar-refractivity contribution in [2.75, 3.05) is 24.5 Å². The third-order valence-corrected chi connectivity index (χ3v) is 9.22. The Morgan fingerprint density at radius 3 is 2.10 bits per heavy atom. The normalized spacial score (nSPS) is 12.1. The number of amides is 2. The Kier molecular flexibility index (Phi) is 11.3. The topological polar surface area (TPSA) is 96.0 Å². The van der Waals surface area contributed by atoms with Crippen LogP contribution in [0.1, 0.15) is 37.5 Å². The highest BCUT2D eigenvalue weighted by molar-refractivity contribution is 7.92. The van der Waals surface area contributed by atoms with E-state index >= 15 is 0 Å². The van der Waals surface area contributed by atoms with Gasteiger partial charge in [-0.05, 0) is 68.7 Å². The zero-order valence-corrected chi connectivity index (χ0v) is 27.0. The molecule has 0 spiro atoms. The van der Waals surface area contributed by atoms with Gasteiger partial charge < -0.3 is 15.0 Å². The fourth-order valence-electron chi connectivity index (χ4n) is 4.23. The second-order valence-electron chi connectivity index (χ2n) is 10.5. The van der Waals surface area contributed by atoms with Crippen LogP contribution in [0.5, 0.6) is 5.75 Å². The molecule has 0 saturated heterocycles. The van der Waals surface area contributed by atoms with E-state index in [1.165, 1.54) is 24.1 Å². The second-order valence-corrected chi connectivity index (χ2v) is 13.2. The van der Waals surface area contributed by atoms with Crippen LogP contribution in [0.3, 0.4) is 0 Å². The molecule has 226 valence electrons. The molecule has 11 heteroatoms. The van der Waals surface area contributed by atoms with Crippen LogP contribution in [0.4, 0.5) is 5.69 Å². The quantitative estimate of drug-likeness (QED) is 0.264. The SMILES string of the molecule is COc1ccc(C)cc1N(CC(=O)N(Cc1c(Cl)cccc1Cl)[C@@H](C)C(=O)NCC(C)C)S(=O)(=O)c1ccc(C)cc1. The first-order chi connectivity index (χ1) is 19.8. The maximum Gasteiger partial charge on any atom is 0.264 e. The van der Waals surface area contributed by atoms with Gasteiger partial charge in [-0.15, -0.1) is 0 Å². The molecule has 0 aliphatic rings. The first-order valence-electron chi connectivity index (χ1n) is 13.5. The minimum atomic E-state index is -4.25. The van der Waals surface area contributed by atoms with E-state index < -0.39 is 28.5 Å². The van der Waals surface area contributed by atoms with E-state index in [4.69, 9.17) is 27.9 Å². The molecule has 1 N–H and O–H groups in total. The van der Waals surface area contributed by atoms with Crippen LogP contribution in [0.15, 0.2) is 65.6 Å². The Morgan fingerprint density at radius 1 is 0.929 bits per heavy atom. The number of aryl methyl sites for hydroxylation is 2. The van der Waals surface area contributed by atoms with Crippen LogP contribution in [-0.4, -0.2) is 51.4 Å². The molecule has 0 fully saturated rings. The van der Waals surface area contributed by atoms with Gasteiger partial charge in [0.25, 0.3) is 10.0 Å². The van der Waals surface area contributed by atoms with Crippen molar-refractivity contribution < 1.29 is 22.7 Å². The lowest BCUT2D eigenvalue weighted by Crippen LogP contribution is -2.51. The zero-order valence-electron chi connectivity index (χ0n) is 24.6. The predicted molar refractivity (Wildman–Crippen MR) is 168 cm³/mol. The standard InChI is InChI=1S/C31H37Cl2N3O5S/c1-20(2)17-34-31(38)23(5)35(18-25-26(32)8-7-9-27(25)33)30(37)19-36(28-16-22(4)12-15-29(28)41-6)42(39,40)24-13-10-21(3)11-14-24/h7-16,20,23H,17-19H2,1-6H3,(H,34,38)/t23-/m0/s1. The smallest absolute Gasteiger partial charge is 0.264 e. The monoisotopic (exact) mass is 633 g/mol. The number of nitrogens with zero attached hydrogens (tertiary/aromatic N) is 2. The predicted octanol–water partition coefficient (Wildman–Crippen LogP) is 6.00. The van der Waals surface area contributed by atoms with Gasteiger partial charge in [-0.25, -0.2) is 8.42 Å². The van der Waals surface area contributed by atoms with Gasteiger partial charge in [0.1, 0.15) is 18.3 Å². The van der Waals surface area contributed by atoms with Gasteiger partial charge in [0, 0.05) is 28.7 Å². The van der Waals surface area contributed by atoms with Crippen LogP contribution < -0.4 is 14.4 Å². The van der Waals surface area contributed by atoms with Crippen LogP contribution in [0, 0.1) is 19.8 Å². The number of hydrogen-bond donors (Lipinski definition) is 1. The van der Waals surface area contributed by atoms with Crippen molar-refractivity contribution in [2.24, 2.45) is 5.92 Å². The third kappa shape index (κ3) is 7.96. The minimum absolute atomic E-state index is 0.00730. The molecule has 3 rings (SSSR count). The highest BCUT2D eigenvalue weighted by atomic mass is 35.5. The average Bonchev–Trinajstić information content (AvgIpc) is 2.94. The summed E-state index contributed by atoms with van der Waals surface area (Å²) in [7, 11) is -2.82. The van der Waals surface area contributed by atoms with Crippen LogP contribution >= 0.6 is 23.2 Å². The van der Waals surface area contributed by atoms with Gasteiger partial charge in [-0.2, -0.15) is 0 Å². The Labute approximate surface area is 258 Å². The number of anilines is 1. The number of carbonyl (C=O) groups excluding carboxylic acids is 2. The van der Waals surface area contributed by atoms with E-state index in [9.17, 15) is 18.0 Å². The molecule has 0 aliphatic carbocycles. The summed E-state index contributed by atoms with van der Waals surface area (Å²) in [5, 5.41) is 3.49. The van der Waals surface area contributed by atoms with Crippen molar-refractivity contribution >= 4 is 50.7 Å². The van der Waals surface area contributed by atoms with E-state index in [-0.39, 0.29) is 34.7 Å². The molecule has 0 radical (unpaired) electrons. The number of rotatable bonds is 12. The van der Waals surface area contributed by atoms with Crippen LogP contribution in [0.25, 0.3) is 0 Å². The molecule has 8 nitrogen and oxygen atoms in total. The molecule has 3 aromatic carbocycles. The van der Waals surface area contributed by atoms with Crippen LogP contribution in [0.2, 0.25) is 10.0 Å². The zero-order chi connectivity index (χ0) is 31.2. The third-order valence-electron chi connectivity index (χ3n) is 6.73. The molecule has 0 aliphatic heterocycles. The number of sulfonamides is 1. The lowest BCUT2D eigenvalue weighted by atomic mass is 10.1. The molecule has 1 atom stereocenters. The molecule has 0 saturated carbocycles. The van der Waals surface area contributed by atoms with Crippen LogP contribution in [-0.2, 0) is 26.2 Å². The summed E-state index contributed by atoms with van der Waals surface area (Å²) in [5.41, 5.74) is 2.29. The molecule has 0 bridgehead atoms. The van der Waals surface area contributed by atoms with Crippen molar-refractivity contribution in [1.29, 1.82) is 0 Å². The van der Waals surface area contributed by atoms with Gasteiger partial charge in [0.2, 0.25) is 11.8 Å². The summed E-state index contributed by atoms with van der Waals surface area (Å²) in [6.07, 6.45) is 0. The van der Waals surface area contributed by atoms with E-state index in [1.807, 2.05) is 27.7 Å². The van der Waals surface area contributed by atoms with Gasteiger partial charge >= 0.3 is 0 Å². The van der Waals surface area contributed by atoms with Gasteiger partial charge in [-0.3, -0.25) is 13.9 Å². The summed E-state index contributed by atoms with van der Waals surface area (Å²) in [6, 6.07) is 15.4. The van der Waals surface area contributed by atoms with E-state index in [0.717, 1.165) is 15.4 Å². The Hall–Kier alpha value is -3.27. The molecule has 2 amide bonds. The minimum Gasteiger partial charge on any atom is -0.495 e. The average molecular weight is 635 g/mol. The molecule has 0 heterocycles. The summed E-state index contributed by atoms with van der Waals surface area (Å²) in [4.78, 5) is 28.7. The largest absolute Gasteiger partial charge is 0.495 e. The molecule has 3 aromatic rings. The first-order valence-corrected chi connectivity index (χ1v) is 15.7. The number of benzene rings is 3. The van der Waals surface area contributed by atoms with Gasteiger partial charge in [0.15, 0.2) is 0 Å². The van der Waals surface area contributed by atoms with Crippen molar-refractivity contribution in [2.45, 2.75) is 52.1 Å². The van der Waals surface area contributed by atoms with Crippen molar-refractivity contribution in [3.05, 3.63) is 87.4 Å². The Bertz CT molecular complexity index is 1510.